The number of amides is 1. The van der Waals surface area contributed by atoms with Crippen LogP contribution in [0.4, 0.5) is 0 Å². The molecule has 3 N–H and O–H groups in total. The molecule has 2 heterocycles. The third kappa shape index (κ3) is 7.13. The number of fused-ring (bicyclic) bond motifs is 1. The smallest absolute Gasteiger partial charge is 0.323 e. The molecule has 1 amide bonds. The zero-order chi connectivity index (χ0) is 23.6. The number of nitrogens with one attached hydrogen (secondary N) is 1. The van der Waals surface area contributed by atoms with Crippen LogP contribution in [0.2, 0.25) is 0 Å². The molecule has 0 spiro atoms. The lowest BCUT2D eigenvalue weighted by molar-refractivity contribution is -0.147. The van der Waals surface area contributed by atoms with Gasteiger partial charge in [-0.1, -0.05) is 36.8 Å². The summed E-state index contributed by atoms with van der Waals surface area (Å²) in [6.07, 6.45) is 4.53. The average molecular weight is 472 g/mol. The van der Waals surface area contributed by atoms with Crippen molar-refractivity contribution in [1.82, 2.24) is 10.2 Å². The van der Waals surface area contributed by atoms with Crippen LogP contribution in [0.3, 0.4) is 0 Å². The minimum atomic E-state index is -0.534. The number of unbranched alkanes of at least 4 members (excludes halogenated alkanes) is 1. The van der Waals surface area contributed by atoms with Crippen LogP contribution in [-0.2, 0) is 33.7 Å². The SMILES string of the molecule is CCOC(=O)[C@H](CCc1ccccc1)N[C@@H](CCCCN)C(=O)N1Cc2ccsc2C[C@@H]1C. The number of esters is 1. The summed E-state index contributed by atoms with van der Waals surface area (Å²) in [6, 6.07) is 11.4. The van der Waals surface area contributed by atoms with Gasteiger partial charge in [0.2, 0.25) is 5.91 Å². The second-order valence-corrected chi connectivity index (χ2v) is 9.72. The largest absolute Gasteiger partial charge is 0.465 e. The van der Waals surface area contributed by atoms with Gasteiger partial charge in [0.05, 0.1) is 12.6 Å². The third-order valence-corrected chi connectivity index (χ3v) is 7.24. The number of nitrogens with zero attached hydrogens (tertiary/aromatic N) is 1. The van der Waals surface area contributed by atoms with Crippen LogP contribution in [0.25, 0.3) is 0 Å². The highest BCUT2D eigenvalue weighted by Crippen LogP contribution is 2.28. The van der Waals surface area contributed by atoms with Crippen molar-refractivity contribution < 1.29 is 14.3 Å². The first kappa shape index (κ1) is 25.4. The van der Waals surface area contributed by atoms with Crippen molar-refractivity contribution in [3.05, 3.63) is 57.8 Å². The first-order valence-corrected chi connectivity index (χ1v) is 12.9. The Labute approximate surface area is 201 Å². The molecule has 3 atom stereocenters. The molecule has 2 aromatic rings. The summed E-state index contributed by atoms with van der Waals surface area (Å²) in [6.45, 7) is 5.45. The van der Waals surface area contributed by atoms with E-state index < -0.39 is 12.1 Å². The second-order valence-electron chi connectivity index (χ2n) is 8.72. The Morgan fingerprint density at radius 1 is 1.18 bits per heavy atom. The summed E-state index contributed by atoms with van der Waals surface area (Å²) in [7, 11) is 0. The molecule has 7 heteroatoms. The van der Waals surface area contributed by atoms with E-state index >= 15 is 0 Å². The maximum Gasteiger partial charge on any atom is 0.323 e. The third-order valence-electron chi connectivity index (χ3n) is 6.26. The Bertz CT molecular complexity index is 886. The van der Waals surface area contributed by atoms with Crippen LogP contribution in [0.5, 0.6) is 0 Å². The maximum atomic E-state index is 13.7. The summed E-state index contributed by atoms with van der Waals surface area (Å²) in [5.74, 6) is -0.234. The molecule has 33 heavy (non-hydrogen) atoms. The zero-order valence-corrected chi connectivity index (χ0v) is 20.6. The number of ether oxygens (including phenoxy) is 1. The van der Waals surface area contributed by atoms with Gasteiger partial charge >= 0.3 is 5.97 Å². The van der Waals surface area contributed by atoms with Gasteiger partial charge in [-0.15, -0.1) is 11.3 Å². The Morgan fingerprint density at radius 3 is 2.70 bits per heavy atom. The fourth-order valence-electron chi connectivity index (χ4n) is 4.38. The van der Waals surface area contributed by atoms with Crippen molar-refractivity contribution in [1.29, 1.82) is 0 Å². The van der Waals surface area contributed by atoms with Gasteiger partial charge in [-0.25, -0.2) is 0 Å². The molecule has 0 unspecified atom stereocenters. The van der Waals surface area contributed by atoms with E-state index in [1.165, 1.54) is 10.4 Å². The van der Waals surface area contributed by atoms with Gasteiger partial charge in [0, 0.05) is 23.9 Å². The quantitative estimate of drug-likeness (QED) is 0.364. The van der Waals surface area contributed by atoms with Gasteiger partial charge in [-0.05, 0) is 68.6 Å². The van der Waals surface area contributed by atoms with Gasteiger partial charge < -0.3 is 15.4 Å². The van der Waals surface area contributed by atoms with Crippen LogP contribution in [0.1, 0.15) is 55.5 Å². The van der Waals surface area contributed by atoms with Crippen molar-refractivity contribution >= 4 is 23.2 Å². The molecule has 0 aliphatic carbocycles. The number of hydrogen-bond acceptors (Lipinski definition) is 6. The minimum Gasteiger partial charge on any atom is -0.465 e. The summed E-state index contributed by atoms with van der Waals surface area (Å²) < 4.78 is 5.36. The van der Waals surface area contributed by atoms with Crippen LogP contribution in [-0.4, -0.2) is 48.1 Å². The van der Waals surface area contributed by atoms with E-state index in [1.807, 2.05) is 30.0 Å². The number of nitrogens with two attached hydrogens (primary N) is 1. The molecule has 0 saturated heterocycles. The Balaban J connectivity index is 1.74. The molecule has 1 aliphatic rings. The molecular formula is C26H37N3O3S. The number of rotatable bonds is 12. The van der Waals surface area contributed by atoms with Gasteiger partial charge in [-0.2, -0.15) is 0 Å². The molecule has 0 saturated carbocycles. The number of aryl methyl sites for hydroxylation is 1. The summed E-state index contributed by atoms with van der Waals surface area (Å²) in [5.41, 5.74) is 8.11. The van der Waals surface area contributed by atoms with E-state index in [1.54, 1.807) is 11.3 Å². The Morgan fingerprint density at radius 2 is 1.97 bits per heavy atom. The van der Waals surface area contributed by atoms with Crippen molar-refractivity contribution in [3.8, 4) is 0 Å². The van der Waals surface area contributed by atoms with E-state index in [2.05, 4.69) is 35.8 Å². The van der Waals surface area contributed by atoms with Crippen LogP contribution >= 0.6 is 11.3 Å². The average Bonchev–Trinajstić information content (AvgIpc) is 3.27. The van der Waals surface area contributed by atoms with Crippen LogP contribution < -0.4 is 11.1 Å². The van der Waals surface area contributed by atoms with Gasteiger partial charge in [0.25, 0.3) is 0 Å². The number of carbonyl (C=O) groups is 2. The normalized spacial score (nSPS) is 17.3. The molecule has 1 aliphatic heterocycles. The highest BCUT2D eigenvalue weighted by Gasteiger charge is 2.34. The van der Waals surface area contributed by atoms with Crippen molar-refractivity contribution in [3.63, 3.8) is 0 Å². The van der Waals surface area contributed by atoms with Gasteiger partial charge in [0.15, 0.2) is 0 Å². The van der Waals surface area contributed by atoms with Crippen LogP contribution in [0.15, 0.2) is 41.8 Å². The summed E-state index contributed by atoms with van der Waals surface area (Å²) >= 11 is 1.76. The lowest BCUT2D eigenvalue weighted by Crippen LogP contribution is -2.55. The first-order valence-electron chi connectivity index (χ1n) is 12.1. The topological polar surface area (TPSA) is 84.7 Å². The van der Waals surface area contributed by atoms with E-state index in [4.69, 9.17) is 10.5 Å². The van der Waals surface area contributed by atoms with E-state index in [0.717, 1.165) is 31.2 Å². The predicted molar refractivity (Wildman–Crippen MR) is 133 cm³/mol. The van der Waals surface area contributed by atoms with Crippen LogP contribution in [0, 0.1) is 0 Å². The monoisotopic (exact) mass is 471 g/mol. The zero-order valence-electron chi connectivity index (χ0n) is 19.8. The lowest BCUT2D eigenvalue weighted by Gasteiger charge is -2.37. The Kier molecular flexibility index (Phi) is 9.91. The number of thiophene rings is 1. The summed E-state index contributed by atoms with van der Waals surface area (Å²) in [4.78, 5) is 29.8. The second kappa shape index (κ2) is 12.9. The van der Waals surface area contributed by atoms with E-state index in [0.29, 0.717) is 32.5 Å². The number of hydrogen-bond donors (Lipinski definition) is 2. The van der Waals surface area contributed by atoms with Gasteiger partial charge in [-0.3, -0.25) is 14.9 Å². The molecule has 0 fully saturated rings. The minimum absolute atomic E-state index is 0.0605. The fourth-order valence-corrected chi connectivity index (χ4v) is 5.40. The molecule has 180 valence electrons. The standard InChI is InChI=1S/C26H37N3O3S/c1-3-32-26(31)23(13-12-20-9-5-4-6-10-20)28-22(11-7-8-15-27)25(30)29-18-21-14-16-33-24(21)17-19(29)2/h4-6,9-10,14,16,19,22-23,28H,3,7-8,11-13,15,17-18,27H2,1-2H3/t19-,22-,23-/m0/s1. The Hall–Kier alpha value is -2.22. The van der Waals surface area contributed by atoms with E-state index in [9.17, 15) is 9.59 Å². The molecule has 1 aromatic carbocycles. The molecule has 1 aromatic heterocycles. The van der Waals surface area contributed by atoms with Gasteiger partial charge in [0.1, 0.15) is 6.04 Å². The molecular weight excluding hydrogens is 434 g/mol. The van der Waals surface area contributed by atoms with Crippen molar-refractivity contribution in [2.24, 2.45) is 5.73 Å². The summed E-state index contributed by atoms with van der Waals surface area (Å²) in [5, 5.41) is 5.50. The maximum absolute atomic E-state index is 13.7. The van der Waals surface area contributed by atoms with E-state index in [-0.39, 0.29) is 17.9 Å². The first-order chi connectivity index (χ1) is 16.0. The highest BCUT2D eigenvalue weighted by molar-refractivity contribution is 7.10. The number of benzene rings is 1. The lowest BCUT2D eigenvalue weighted by atomic mass is 9.99. The predicted octanol–water partition coefficient (Wildman–Crippen LogP) is 3.67. The molecule has 6 nitrogen and oxygen atoms in total. The van der Waals surface area contributed by atoms with Crippen molar-refractivity contribution in [2.45, 2.75) is 77.0 Å². The van der Waals surface area contributed by atoms with Crippen molar-refractivity contribution in [2.75, 3.05) is 13.2 Å². The highest BCUT2D eigenvalue weighted by atomic mass is 32.1. The fraction of sp³-hybridized carbons (Fsp3) is 0.538. The number of carbonyl (C=O) groups excluding carboxylic acids is 2. The molecule has 0 radical (unpaired) electrons. The molecule has 3 rings (SSSR count). The molecule has 0 bridgehead atoms.